The van der Waals surface area contributed by atoms with E-state index in [1.165, 1.54) is 11.6 Å². The second-order valence-electron chi connectivity index (χ2n) is 6.49. The Morgan fingerprint density at radius 1 is 1.10 bits per heavy atom. The van der Waals surface area contributed by atoms with Gasteiger partial charge in [0.05, 0.1) is 17.3 Å². The normalized spacial score (nSPS) is 10.8. The Labute approximate surface area is 175 Å². The summed E-state index contributed by atoms with van der Waals surface area (Å²) in [5, 5.41) is 3.89. The van der Waals surface area contributed by atoms with Crippen LogP contribution in [0.1, 0.15) is 11.3 Å². The highest BCUT2D eigenvalue weighted by molar-refractivity contribution is 6.30. The first kappa shape index (κ1) is 21.0. The maximum absolute atomic E-state index is 12.5. The summed E-state index contributed by atoms with van der Waals surface area (Å²) in [6.45, 7) is 2.70. The zero-order valence-corrected chi connectivity index (χ0v) is 17.1. The summed E-state index contributed by atoms with van der Waals surface area (Å²) in [7, 11) is 1.69. The van der Waals surface area contributed by atoms with E-state index < -0.39 is 0 Å². The predicted molar refractivity (Wildman–Crippen MR) is 114 cm³/mol. The molecule has 0 spiro atoms. The van der Waals surface area contributed by atoms with E-state index in [0.717, 1.165) is 30.9 Å². The van der Waals surface area contributed by atoms with Gasteiger partial charge in [0.2, 0.25) is 0 Å². The summed E-state index contributed by atoms with van der Waals surface area (Å²) in [4.78, 5) is 16.7. The Kier molecular flexibility index (Phi) is 7.81. The summed E-state index contributed by atoms with van der Waals surface area (Å²) >= 11 is 5.82. The fraction of sp³-hybridized carbons (Fsp3) is 0.273. The molecule has 0 aliphatic rings. The largest absolute Gasteiger partial charge is 0.487 e. The van der Waals surface area contributed by atoms with Crippen molar-refractivity contribution in [2.75, 3.05) is 26.8 Å². The number of aromatic nitrogens is 2. The van der Waals surface area contributed by atoms with E-state index in [1.54, 1.807) is 42.3 Å². The van der Waals surface area contributed by atoms with Crippen LogP contribution >= 0.6 is 11.6 Å². The van der Waals surface area contributed by atoms with E-state index in [9.17, 15) is 4.79 Å². The molecule has 0 saturated heterocycles. The second kappa shape index (κ2) is 10.8. The van der Waals surface area contributed by atoms with E-state index in [2.05, 4.69) is 10.3 Å². The number of ether oxygens (including phenoxy) is 2. The number of halogens is 1. The zero-order chi connectivity index (χ0) is 20.5. The number of methoxy groups -OCH3 is 1. The van der Waals surface area contributed by atoms with Crippen molar-refractivity contribution < 1.29 is 9.47 Å². The van der Waals surface area contributed by atoms with E-state index >= 15 is 0 Å². The van der Waals surface area contributed by atoms with Crippen LogP contribution in [0.25, 0.3) is 5.69 Å². The van der Waals surface area contributed by atoms with Crippen molar-refractivity contribution in [3.05, 3.63) is 87.6 Å². The second-order valence-corrected chi connectivity index (χ2v) is 6.92. The van der Waals surface area contributed by atoms with Crippen molar-refractivity contribution in [1.82, 2.24) is 14.9 Å². The van der Waals surface area contributed by atoms with Crippen molar-refractivity contribution in [3.63, 3.8) is 0 Å². The average Bonchev–Trinajstić information content (AvgIpc) is 2.74. The molecule has 0 amide bonds. The summed E-state index contributed by atoms with van der Waals surface area (Å²) in [6, 6.07) is 14.8. The molecule has 1 aromatic carbocycles. The van der Waals surface area contributed by atoms with Crippen LogP contribution < -0.4 is 15.6 Å². The fourth-order valence-electron chi connectivity index (χ4n) is 2.77. The Hall–Kier alpha value is -2.67. The van der Waals surface area contributed by atoms with Crippen LogP contribution in [0.5, 0.6) is 5.75 Å². The summed E-state index contributed by atoms with van der Waals surface area (Å²) < 4.78 is 12.3. The minimum Gasteiger partial charge on any atom is -0.487 e. The molecule has 0 bridgehead atoms. The van der Waals surface area contributed by atoms with Crippen molar-refractivity contribution in [2.45, 2.75) is 13.0 Å². The number of nitrogens with zero attached hydrogens (tertiary/aromatic N) is 2. The van der Waals surface area contributed by atoms with Crippen LogP contribution in [0.15, 0.2) is 65.7 Å². The molecule has 3 rings (SSSR count). The predicted octanol–water partition coefficient (Wildman–Crippen LogP) is 3.24. The van der Waals surface area contributed by atoms with Gasteiger partial charge in [-0.3, -0.25) is 14.3 Å². The number of hydrogen-bond acceptors (Lipinski definition) is 5. The van der Waals surface area contributed by atoms with Gasteiger partial charge in [-0.25, -0.2) is 0 Å². The van der Waals surface area contributed by atoms with Crippen LogP contribution in [0, 0.1) is 0 Å². The van der Waals surface area contributed by atoms with Crippen LogP contribution in [0.3, 0.4) is 0 Å². The Morgan fingerprint density at radius 3 is 2.62 bits per heavy atom. The lowest BCUT2D eigenvalue weighted by Gasteiger charge is -2.10. The number of hydrogen-bond donors (Lipinski definition) is 1. The molecule has 6 nitrogen and oxygen atoms in total. The molecule has 1 N–H and O–H groups in total. The maximum Gasteiger partial charge on any atom is 0.258 e. The van der Waals surface area contributed by atoms with Gasteiger partial charge in [0.1, 0.15) is 12.4 Å². The first-order chi connectivity index (χ1) is 14.2. The molecule has 2 aromatic heterocycles. The van der Waals surface area contributed by atoms with Gasteiger partial charge in [-0.05, 0) is 48.9 Å². The van der Waals surface area contributed by atoms with Crippen molar-refractivity contribution in [2.24, 2.45) is 0 Å². The highest BCUT2D eigenvalue weighted by Gasteiger charge is 2.04. The fourth-order valence-corrected chi connectivity index (χ4v) is 2.88. The molecule has 0 aliphatic heterocycles. The van der Waals surface area contributed by atoms with E-state index in [-0.39, 0.29) is 12.2 Å². The lowest BCUT2D eigenvalue weighted by Crippen LogP contribution is -2.21. The molecule has 0 aliphatic carbocycles. The number of rotatable bonds is 10. The summed E-state index contributed by atoms with van der Waals surface area (Å²) in [5.41, 5.74) is 2.62. The first-order valence-electron chi connectivity index (χ1n) is 9.40. The van der Waals surface area contributed by atoms with Crippen LogP contribution in [0.4, 0.5) is 0 Å². The molecule has 2 heterocycles. The topological polar surface area (TPSA) is 65.4 Å². The quantitative estimate of drug-likeness (QED) is 0.517. The van der Waals surface area contributed by atoms with Gasteiger partial charge in [-0.1, -0.05) is 23.7 Å². The van der Waals surface area contributed by atoms with Gasteiger partial charge in [0.25, 0.3) is 5.56 Å². The highest BCUT2D eigenvalue weighted by Crippen LogP contribution is 2.13. The van der Waals surface area contributed by atoms with Gasteiger partial charge in [-0.15, -0.1) is 0 Å². The van der Waals surface area contributed by atoms with Gasteiger partial charge in [0, 0.05) is 37.8 Å². The molecule has 0 saturated carbocycles. The standard InChI is InChI=1S/C22H24ClN3O3/c1-28-13-11-24-10-8-17-2-6-20(7-3-17)26-12-9-21(14-22(26)27)29-16-19-5-4-18(23)15-25-19/h2-7,9,12,14-15,24H,8,10-11,13,16H2,1H3. The minimum atomic E-state index is -0.152. The Bertz CT molecular complexity index is 956. The maximum atomic E-state index is 12.5. The Morgan fingerprint density at radius 2 is 1.93 bits per heavy atom. The van der Waals surface area contributed by atoms with Crippen molar-refractivity contribution >= 4 is 11.6 Å². The number of nitrogens with one attached hydrogen (secondary N) is 1. The van der Waals surface area contributed by atoms with Crippen molar-refractivity contribution in [1.29, 1.82) is 0 Å². The molecular formula is C22H24ClN3O3. The SMILES string of the molecule is COCCNCCc1ccc(-n2ccc(OCc3ccc(Cl)cn3)cc2=O)cc1. The average molecular weight is 414 g/mol. The third-order valence-corrected chi connectivity index (χ3v) is 4.58. The van der Waals surface area contributed by atoms with E-state index in [4.69, 9.17) is 21.1 Å². The van der Waals surface area contributed by atoms with Crippen LogP contribution in [-0.4, -0.2) is 36.4 Å². The molecular weight excluding hydrogens is 390 g/mol. The summed E-state index contributed by atoms with van der Waals surface area (Å²) in [6.07, 6.45) is 4.20. The zero-order valence-electron chi connectivity index (χ0n) is 16.3. The molecule has 0 radical (unpaired) electrons. The molecule has 0 unspecified atom stereocenters. The molecule has 152 valence electrons. The van der Waals surface area contributed by atoms with Crippen molar-refractivity contribution in [3.8, 4) is 11.4 Å². The third-order valence-electron chi connectivity index (χ3n) is 4.35. The molecule has 0 atom stereocenters. The first-order valence-corrected chi connectivity index (χ1v) is 9.78. The molecule has 0 fully saturated rings. The molecule has 29 heavy (non-hydrogen) atoms. The molecule has 3 aromatic rings. The van der Waals surface area contributed by atoms with Gasteiger partial charge < -0.3 is 14.8 Å². The smallest absolute Gasteiger partial charge is 0.258 e. The lowest BCUT2D eigenvalue weighted by molar-refractivity contribution is 0.199. The number of benzene rings is 1. The molecule has 7 heteroatoms. The van der Waals surface area contributed by atoms with E-state index in [1.807, 2.05) is 24.3 Å². The van der Waals surface area contributed by atoms with Crippen LogP contribution in [0.2, 0.25) is 5.02 Å². The monoisotopic (exact) mass is 413 g/mol. The lowest BCUT2D eigenvalue weighted by atomic mass is 10.1. The van der Waals surface area contributed by atoms with Gasteiger partial charge in [0.15, 0.2) is 0 Å². The number of pyridine rings is 2. The third kappa shape index (κ3) is 6.42. The van der Waals surface area contributed by atoms with Gasteiger partial charge in [-0.2, -0.15) is 0 Å². The van der Waals surface area contributed by atoms with E-state index in [0.29, 0.717) is 17.4 Å². The van der Waals surface area contributed by atoms with Crippen LogP contribution in [-0.2, 0) is 17.8 Å². The highest BCUT2D eigenvalue weighted by atomic mass is 35.5. The summed E-state index contributed by atoms with van der Waals surface area (Å²) in [5.74, 6) is 0.502. The Balaban J connectivity index is 1.58. The minimum absolute atomic E-state index is 0.152. The van der Waals surface area contributed by atoms with Gasteiger partial charge >= 0.3 is 0 Å².